The van der Waals surface area contributed by atoms with Gasteiger partial charge < -0.3 is 10.2 Å². The molecule has 0 unspecified atom stereocenters. The third-order valence-electron chi connectivity index (χ3n) is 1.79. The highest BCUT2D eigenvalue weighted by molar-refractivity contribution is 5.79. The highest BCUT2D eigenvalue weighted by Gasteiger charge is 1.89. The first-order chi connectivity index (χ1) is 9.42. The van der Waals surface area contributed by atoms with Gasteiger partial charge in [-0.15, -0.1) is 0 Å². The van der Waals surface area contributed by atoms with Crippen LogP contribution in [0.5, 0.6) is 0 Å². The summed E-state index contributed by atoms with van der Waals surface area (Å²) in [5.41, 5.74) is 2.27. The SMILES string of the molecule is C=CC(=O)O.C=CC(=O)O.C=Cc1ccccc1C=C. The van der Waals surface area contributed by atoms with Crippen LogP contribution in [0.3, 0.4) is 0 Å². The monoisotopic (exact) mass is 274 g/mol. The molecule has 1 aromatic carbocycles. The number of benzene rings is 1. The number of rotatable bonds is 4. The van der Waals surface area contributed by atoms with Gasteiger partial charge in [0.25, 0.3) is 0 Å². The van der Waals surface area contributed by atoms with Gasteiger partial charge >= 0.3 is 11.9 Å². The highest BCUT2D eigenvalue weighted by atomic mass is 16.4. The van der Waals surface area contributed by atoms with Crippen LogP contribution < -0.4 is 0 Å². The van der Waals surface area contributed by atoms with Crippen LogP contribution in [0.4, 0.5) is 0 Å². The maximum atomic E-state index is 9.25. The third kappa shape index (κ3) is 11.6. The zero-order valence-electron chi connectivity index (χ0n) is 11.2. The lowest BCUT2D eigenvalue weighted by Crippen LogP contribution is -1.82. The summed E-state index contributed by atoms with van der Waals surface area (Å²) in [6.45, 7) is 13.3. The molecule has 20 heavy (non-hydrogen) atoms. The Labute approximate surface area is 118 Å². The normalized spacial score (nSPS) is 7.60. The van der Waals surface area contributed by atoms with Crippen LogP contribution in [0.2, 0.25) is 0 Å². The molecule has 0 aliphatic heterocycles. The van der Waals surface area contributed by atoms with E-state index in [1.165, 1.54) is 0 Å². The van der Waals surface area contributed by atoms with Crippen LogP contribution in [0, 0.1) is 0 Å². The molecule has 0 bridgehead atoms. The molecule has 0 aromatic heterocycles. The second-order valence-corrected chi connectivity index (χ2v) is 3.12. The van der Waals surface area contributed by atoms with E-state index < -0.39 is 11.9 Å². The van der Waals surface area contributed by atoms with Crippen molar-refractivity contribution in [2.75, 3.05) is 0 Å². The number of hydrogen-bond donors (Lipinski definition) is 2. The van der Waals surface area contributed by atoms with Crippen LogP contribution >= 0.6 is 0 Å². The largest absolute Gasteiger partial charge is 0.478 e. The van der Waals surface area contributed by atoms with E-state index in [4.69, 9.17) is 10.2 Å². The molecular formula is C16H18O4. The molecule has 1 aromatic rings. The number of carbonyl (C=O) groups is 2. The maximum absolute atomic E-state index is 9.25. The first kappa shape index (κ1) is 19.5. The fourth-order valence-electron chi connectivity index (χ4n) is 0.883. The molecule has 0 aliphatic carbocycles. The quantitative estimate of drug-likeness (QED) is 0.824. The minimum absolute atomic E-state index is 0.833. The molecule has 0 aliphatic rings. The van der Waals surface area contributed by atoms with Gasteiger partial charge in [-0.05, 0) is 11.1 Å². The molecule has 4 nitrogen and oxygen atoms in total. The Morgan fingerprint density at radius 2 is 1.05 bits per heavy atom. The van der Waals surface area contributed by atoms with E-state index in [2.05, 4.69) is 26.3 Å². The van der Waals surface area contributed by atoms with E-state index in [0.717, 1.165) is 23.3 Å². The molecule has 0 radical (unpaired) electrons. The number of hydrogen-bond acceptors (Lipinski definition) is 2. The molecule has 106 valence electrons. The number of carboxylic acid groups (broad SMARTS) is 2. The van der Waals surface area contributed by atoms with Crippen LogP contribution in [0.25, 0.3) is 12.2 Å². The van der Waals surface area contributed by atoms with Gasteiger partial charge in [0.05, 0.1) is 0 Å². The van der Waals surface area contributed by atoms with Gasteiger partial charge in [-0.25, -0.2) is 9.59 Å². The summed E-state index contributed by atoms with van der Waals surface area (Å²) in [6, 6.07) is 8.02. The Morgan fingerprint density at radius 3 is 1.20 bits per heavy atom. The Bertz CT molecular complexity index is 442. The van der Waals surface area contributed by atoms with Gasteiger partial charge in [0, 0.05) is 12.2 Å². The standard InChI is InChI=1S/C10H10.2C3H4O2/c1-3-9-7-5-6-8-10(9)4-2;2*1-2-3(4)5/h3-8H,1-2H2;2*2H,1H2,(H,4,5). The van der Waals surface area contributed by atoms with Crippen molar-refractivity contribution in [3.05, 3.63) is 73.9 Å². The Morgan fingerprint density at radius 1 is 0.800 bits per heavy atom. The van der Waals surface area contributed by atoms with Gasteiger partial charge in [-0.1, -0.05) is 62.7 Å². The minimum atomic E-state index is -0.981. The Kier molecular flexibility index (Phi) is 12.2. The van der Waals surface area contributed by atoms with Crippen molar-refractivity contribution in [2.24, 2.45) is 0 Å². The van der Waals surface area contributed by atoms with Crippen molar-refractivity contribution in [1.29, 1.82) is 0 Å². The second-order valence-electron chi connectivity index (χ2n) is 3.12. The van der Waals surface area contributed by atoms with Crippen molar-refractivity contribution in [2.45, 2.75) is 0 Å². The maximum Gasteiger partial charge on any atom is 0.327 e. The van der Waals surface area contributed by atoms with Crippen molar-refractivity contribution in [3.8, 4) is 0 Å². The van der Waals surface area contributed by atoms with Crippen molar-refractivity contribution < 1.29 is 19.8 Å². The lowest BCUT2D eigenvalue weighted by Gasteiger charge is -1.96. The number of aliphatic carboxylic acids is 2. The smallest absolute Gasteiger partial charge is 0.327 e. The summed E-state index contributed by atoms with van der Waals surface area (Å²) in [6.07, 6.45) is 5.33. The van der Waals surface area contributed by atoms with Gasteiger partial charge in [-0.3, -0.25) is 0 Å². The average molecular weight is 274 g/mol. The summed E-state index contributed by atoms with van der Waals surface area (Å²) in [5, 5.41) is 15.2. The Hall–Kier alpha value is -2.88. The lowest BCUT2D eigenvalue weighted by atomic mass is 10.1. The third-order valence-corrected chi connectivity index (χ3v) is 1.79. The summed E-state index contributed by atoms with van der Waals surface area (Å²) >= 11 is 0. The summed E-state index contributed by atoms with van der Waals surface area (Å²) < 4.78 is 0. The van der Waals surface area contributed by atoms with Crippen LogP contribution in [0.15, 0.2) is 62.7 Å². The summed E-state index contributed by atoms with van der Waals surface area (Å²) in [7, 11) is 0. The molecule has 0 heterocycles. The van der Waals surface area contributed by atoms with E-state index in [-0.39, 0.29) is 0 Å². The molecular weight excluding hydrogens is 256 g/mol. The molecule has 0 saturated heterocycles. The fourth-order valence-corrected chi connectivity index (χ4v) is 0.883. The van der Waals surface area contributed by atoms with Crippen LogP contribution in [0.1, 0.15) is 11.1 Å². The van der Waals surface area contributed by atoms with Gasteiger partial charge in [-0.2, -0.15) is 0 Å². The van der Waals surface area contributed by atoms with Gasteiger partial charge in [0.15, 0.2) is 0 Å². The van der Waals surface area contributed by atoms with Crippen molar-refractivity contribution in [3.63, 3.8) is 0 Å². The average Bonchev–Trinajstić information content (AvgIpc) is 2.48. The summed E-state index contributed by atoms with van der Waals surface area (Å²) in [5.74, 6) is -1.96. The predicted molar refractivity (Wildman–Crippen MR) is 82.3 cm³/mol. The highest BCUT2D eigenvalue weighted by Crippen LogP contribution is 2.10. The van der Waals surface area contributed by atoms with Gasteiger partial charge in [0.1, 0.15) is 0 Å². The van der Waals surface area contributed by atoms with Crippen LogP contribution in [-0.4, -0.2) is 22.2 Å². The van der Waals surface area contributed by atoms with Crippen LogP contribution in [-0.2, 0) is 9.59 Å². The molecule has 0 spiro atoms. The van der Waals surface area contributed by atoms with E-state index in [1.807, 2.05) is 36.4 Å². The zero-order valence-corrected chi connectivity index (χ0v) is 11.2. The van der Waals surface area contributed by atoms with E-state index in [1.54, 1.807) is 0 Å². The lowest BCUT2D eigenvalue weighted by molar-refractivity contribution is -0.132. The first-order valence-electron chi connectivity index (χ1n) is 5.47. The number of carboxylic acids is 2. The van der Waals surface area contributed by atoms with Crippen molar-refractivity contribution in [1.82, 2.24) is 0 Å². The first-order valence-corrected chi connectivity index (χ1v) is 5.47. The minimum Gasteiger partial charge on any atom is -0.478 e. The van der Waals surface area contributed by atoms with E-state index in [9.17, 15) is 9.59 Å². The molecule has 0 saturated carbocycles. The van der Waals surface area contributed by atoms with E-state index in [0.29, 0.717) is 0 Å². The zero-order chi connectivity index (χ0) is 16.0. The Balaban J connectivity index is 0. The van der Waals surface area contributed by atoms with Gasteiger partial charge in [0.2, 0.25) is 0 Å². The topological polar surface area (TPSA) is 74.6 Å². The summed E-state index contributed by atoms with van der Waals surface area (Å²) in [4.78, 5) is 18.5. The fraction of sp³-hybridized carbons (Fsp3) is 0. The van der Waals surface area contributed by atoms with Crippen molar-refractivity contribution >= 4 is 24.1 Å². The molecule has 1 rings (SSSR count). The molecule has 2 N–H and O–H groups in total. The molecule has 4 heteroatoms. The second kappa shape index (κ2) is 12.6. The predicted octanol–water partition coefficient (Wildman–Crippen LogP) is 3.49. The molecule has 0 fully saturated rings. The molecule has 0 atom stereocenters. The van der Waals surface area contributed by atoms with E-state index >= 15 is 0 Å². The molecule has 0 amide bonds.